The Labute approximate surface area is 137 Å². The molecule has 0 amide bonds. The normalized spacial score (nSPS) is 13.4. The Morgan fingerprint density at radius 1 is 1.47 bits per heavy atom. The number of nitrogens with zero attached hydrogens (tertiary/aromatic N) is 2. The fraction of sp³-hybridized carbons (Fsp3) is 0.231. The van der Waals surface area contributed by atoms with Gasteiger partial charge in [-0.1, -0.05) is 0 Å². The van der Waals surface area contributed by atoms with E-state index in [1.54, 1.807) is 29.9 Å². The number of thiophene rings is 1. The topological polar surface area (TPSA) is 57.9 Å². The largest absolute Gasteiger partial charge is 1.00 e. The first kappa shape index (κ1) is 14.5. The number of aryl methyl sites for hydroxylation is 1. The summed E-state index contributed by atoms with van der Waals surface area (Å²) in [5, 5.41) is 10.8. The molecule has 0 bridgehead atoms. The Morgan fingerprint density at radius 2 is 2.32 bits per heavy atom. The molecule has 0 fully saturated rings. The molecule has 4 nitrogen and oxygen atoms in total. The first-order valence-corrected chi connectivity index (χ1v) is 6.53. The molecule has 1 aliphatic carbocycles. The summed E-state index contributed by atoms with van der Waals surface area (Å²) >= 11 is 1.64. The van der Waals surface area contributed by atoms with Crippen LogP contribution in [0.3, 0.4) is 0 Å². The van der Waals surface area contributed by atoms with Crippen molar-refractivity contribution in [3.8, 4) is 0 Å². The second-order valence-corrected chi connectivity index (χ2v) is 5.46. The van der Waals surface area contributed by atoms with Crippen LogP contribution in [-0.4, -0.2) is 15.5 Å². The summed E-state index contributed by atoms with van der Waals surface area (Å²) in [6.45, 7) is 0.784. The SMILES string of the molecule is O=C([O-])C1=Cc2sc(Cn3ccnc3)cc2CC1.[Na+]. The Kier molecular flexibility index (Phi) is 4.62. The van der Waals surface area contributed by atoms with E-state index < -0.39 is 5.97 Å². The number of imidazole rings is 1. The number of fused-ring (bicyclic) bond motifs is 1. The molecule has 0 atom stereocenters. The third-order valence-corrected chi connectivity index (χ3v) is 4.13. The van der Waals surface area contributed by atoms with Gasteiger partial charge in [0.15, 0.2) is 0 Å². The number of carboxylic acid groups (broad SMARTS) is 1. The van der Waals surface area contributed by atoms with Gasteiger partial charge in [0.1, 0.15) is 0 Å². The fourth-order valence-electron chi connectivity index (χ4n) is 2.12. The van der Waals surface area contributed by atoms with Crippen LogP contribution in [0.2, 0.25) is 0 Å². The molecule has 1 aliphatic rings. The van der Waals surface area contributed by atoms with Gasteiger partial charge in [-0.25, -0.2) is 4.98 Å². The van der Waals surface area contributed by atoms with E-state index in [9.17, 15) is 9.90 Å². The zero-order chi connectivity index (χ0) is 12.5. The standard InChI is InChI=1S/C13H12N2O2S.Na/c16-13(17)10-2-1-9-5-11(18-12(9)6-10)7-15-4-3-14-8-15;/h3-6,8H,1-2,7H2,(H,16,17);/q;+1/p-1. The van der Waals surface area contributed by atoms with Gasteiger partial charge in [0, 0.05) is 22.1 Å². The van der Waals surface area contributed by atoms with Crippen molar-refractivity contribution in [1.29, 1.82) is 0 Å². The zero-order valence-corrected chi connectivity index (χ0v) is 13.4. The molecule has 0 saturated heterocycles. The van der Waals surface area contributed by atoms with E-state index in [2.05, 4.69) is 11.1 Å². The second-order valence-electron chi connectivity index (χ2n) is 4.29. The summed E-state index contributed by atoms with van der Waals surface area (Å²) in [4.78, 5) is 17.1. The minimum absolute atomic E-state index is 0. The maximum Gasteiger partial charge on any atom is 1.00 e. The van der Waals surface area contributed by atoms with E-state index in [0.717, 1.165) is 17.8 Å². The molecule has 0 aromatic carbocycles. The van der Waals surface area contributed by atoms with Crippen LogP contribution in [0.1, 0.15) is 21.7 Å². The molecular weight excluding hydrogens is 271 g/mol. The van der Waals surface area contributed by atoms with E-state index in [1.807, 2.05) is 10.8 Å². The van der Waals surface area contributed by atoms with Crippen LogP contribution < -0.4 is 34.7 Å². The third kappa shape index (κ3) is 3.17. The average Bonchev–Trinajstić information content (AvgIpc) is 2.96. The van der Waals surface area contributed by atoms with Crippen LogP contribution in [0.15, 0.2) is 30.4 Å². The van der Waals surface area contributed by atoms with E-state index in [0.29, 0.717) is 12.0 Å². The zero-order valence-electron chi connectivity index (χ0n) is 10.6. The summed E-state index contributed by atoms with van der Waals surface area (Å²) in [5.74, 6) is -1.05. The van der Waals surface area contributed by atoms with Crippen LogP contribution in [-0.2, 0) is 17.8 Å². The molecule has 2 aromatic heterocycles. The molecular formula is C13H11N2NaO2S. The predicted octanol–water partition coefficient (Wildman–Crippen LogP) is -1.92. The van der Waals surface area contributed by atoms with Gasteiger partial charge in [-0.05, 0) is 36.1 Å². The molecule has 6 heteroatoms. The minimum atomic E-state index is -1.05. The first-order chi connectivity index (χ1) is 8.72. The first-order valence-electron chi connectivity index (χ1n) is 5.71. The summed E-state index contributed by atoms with van der Waals surface area (Å²) in [6.07, 6.45) is 8.55. The Hall–Kier alpha value is -0.880. The molecule has 0 radical (unpaired) electrons. The average molecular weight is 282 g/mol. The summed E-state index contributed by atoms with van der Waals surface area (Å²) in [5.41, 5.74) is 1.64. The van der Waals surface area contributed by atoms with E-state index in [-0.39, 0.29) is 29.6 Å². The molecule has 19 heavy (non-hydrogen) atoms. The number of carboxylic acids is 1. The molecule has 0 aliphatic heterocycles. The van der Waals surface area contributed by atoms with Gasteiger partial charge >= 0.3 is 29.6 Å². The number of carbonyl (C=O) groups excluding carboxylic acids is 1. The molecule has 0 saturated carbocycles. The number of aromatic nitrogens is 2. The van der Waals surface area contributed by atoms with Crippen LogP contribution >= 0.6 is 11.3 Å². The van der Waals surface area contributed by atoms with Crippen molar-refractivity contribution in [1.82, 2.24) is 9.55 Å². The van der Waals surface area contributed by atoms with Crippen molar-refractivity contribution in [2.24, 2.45) is 0 Å². The van der Waals surface area contributed by atoms with Crippen LogP contribution in [0, 0.1) is 0 Å². The van der Waals surface area contributed by atoms with Gasteiger partial charge in [-0.15, -0.1) is 11.3 Å². The Morgan fingerprint density at radius 3 is 3.00 bits per heavy atom. The van der Waals surface area contributed by atoms with Crippen molar-refractivity contribution >= 4 is 23.4 Å². The van der Waals surface area contributed by atoms with Gasteiger partial charge in [0.25, 0.3) is 0 Å². The Balaban J connectivity index is 0.00000133. The van der Waals surface area contributed by atoms with Crippen LogP contribution in [0.4, 0.5) is 0 Å². The van der Waals surface area contributed by atoms with Gasteiger partial charge in [0.2, 0.25) is 0 Å². The fourth-order valence-corrected chi connectivity index (χ4v) is 3.31. The van der Waals surface area contributed by atoms with Crippen LogP contribution in [0.25, 0.3) is 6.08 Å². The van der Waals surface area contributed by atoms with Crippen molar-refractivity contribution < 1.29 is 39.5 Å². The number of carbonyl (C=O) groups is 1. The van der Waals surface area contributed by atoms with Gasteiger partial charge in [0.05, 0.1) is 18.8 Å². The van der Waals surface area contributed by atoms with E-state index in [4.69, 9.17) is 0 Å². The van der Waals surface area contributed by atoms with Gasteiger partial charge < -0.3 is 14.5 Å². The van der Waals surface area contributed by atoms with Crippen molar-refractivity contribution in [2.75, 3.05) is 0 Å². The van der Waals surface area contributed by atoms with Crippen molar-refractivity contribution in [2.45, 2.75) is 19.4 Å². The molecule has 2 heterocycles. The molecule has 0 N–H and O–H groups in total. The third-order valence-electron chi connectivity index (χ3n) is 3.02. The van der Waals surface area contributed by atoms with Crippen molar-refractivity contribution in [3.05, 3.63) is 45.7 Å². The van der Waals surface area contributed by atoms with Crippen molar-refractivity contribution in [3.63, 3.8) is 0 Å². The molecule has 0 spiro atoms. The number of aliphatic carboxylic acids is 1. The Bertz CT molecular complexity index is 617. The summed E-state index contributed by atoms with van der Waals surface area (Å²) < 4.78 is 2.00. The van der Waals surface area contributed by atoms with Gasteiger partial charge in [-0.3, -0.25) is 0 Å². The number of rotatable bonds is 3. The van der Waals surface area contributed by atoms with E-state index in [1.165, 1.54) is 10.4 Å². The predicted molar refractivity (Wildman–Crippen MR) is 67.0 cm³/mol. The maximum atomic E-state index is 10.8. The molecule has 0 unspecified atom stereocenters. The number of hydrogen-bond acceptors (Lipinski definition) is 4. The quantitative estimate of drug-likeness (QED) is 0.617. The molecule has 92 valence electrons. The monoisotopic (exact) mass is 282 g/mol. The van der Waals surface area contributed by atoms with Crippen LogP contribution in [0.5, 0.6) is 0 Å². The summed E-state index contributed by atoms with van der Waals surface area (Å²) in [6, 6.07) is 2.16. The van der Waals surface area contributed by atoms with Gasteiger partial charge in [-0.2, -0.15) is 0 Å². The second kappa shape index (κ2) is 6.05. The number of hydrogen-bond donors (Lipinski definition) is 0. The smallest absolute Gasteiger partial charge is 0.545 e. The molecule has 2 aromatic rings. The summed E-state index contributed by atoms with van der Waals surface area (Å²) in [7, 11) is 0. The minimum Gasteiger partial charge on any atom is -0.545 e. The molecule has 3 rings (SSSR count). The maximum absolute atomic E-state index is 10.8. The van der Waals surface area contributed by atoms with E-state index >= 15 is 0 Å².